The first-order valence-corrected chi connectivity index (χ1v) is 11.5. The van der Waals surface area contributed by atoms with E-state index in [0.29, 0.717) is 30.9 Å². The maximum absolute atomic E-state index is 13.1. The Hall–Kier alpha value is -3.80. The fourth-order valence-corrected chi connectivity index (χ4v) is 4.35. The molecule has 0 radical (unpaired) electrons. The molecule has 0 fully saturated rings. The van der Waals surface area contributed by atoms with Crippen LogP contribution in [0.1, 0.15) is 40.3 Å². The SMILES string of the molecule is COc1ccc(CCNC(=O)CC(c2ccccc2C)c2cnc3cc(C)ccn23)cc1OC. The van der Waals surface area contributed by atoms with Crippen LogP contribution in [0.25, 0.3) is 5.65 Å². The number of ether oxygens (including phenoxy) is 2. The van der Waals surface area contributed by atoms with Crippen molar-refractivity contribution in [1.82, 2.24) is 14.7 Å². The van der Waals surface area contributed by atoms with Crippen LogP contribution in [0.5, 0.6) is 11.5 Å². The van der Waals surface area contributed by atoms with Crippen molar-refractivity contribution in [1.29, 1.82) is 0 Å². The number of fused-ring (bicyclic) bond motifs is 1. The van der Waals surface area contributed by atoms with Gasteiger partial charge < -0.3 is 19.2 Å². The summed E-state index contributed by atoms with van der Waals surface area (Å²) in [5.41, 5.74) is 6.44. The van der Waals surface area contributed by atoms with Crippen LogP contribution in [0.3, 0.4) is 0 Å². The fourth-order valence-electron chi connectivity index (χ4n) is 4.35. The minimum absolute atomic E-state index is 0.00999. The standard InChI is InChI=1S/C28H31N3O3/c1-19-12-14-31-24(18-30-27(31)15-19)23(22-8-6-5-7-20(22)2)17-28(32)29-13-11-21-9-10-25(33-3)26(16-21)34-4/h5-10,12,14-16,18,23H,11,13,17H2,1-4H3,(H,29,32). The number of amides is 1. The van der Waals surface area contributed by atoms with E-state index in [2.05, 4.69) is 52.8 Å². The van der Waals surface area contributed by atoms with Gasteiger partial charge in [0.2, 0.25) is 5.91 Å². The molecule has 6 nitrogen and oxygen atoms in total. The van der Waals surface area contributed by atoms with Crippen molar-refractivity contribution >= 4 is 11.6 Å². The molecule has 0 bridgehead atoms. The van der Waals surface area contributed by atoms with E-state index in [9.17, 15) is 4.79 Å². The number of benzene rings is 2. The van der Waals surface area contributed by atoms with E-state index in [-0.39, 0.29) is 11.8 Å². The molecule has 34 heavy (non-hydrogen) atoms. The molecule has 1 atom stereocenters. The summed E-state index contributed by atoms with van der Waals surface area (Å²) in [5, 5.41) is 3.10. The highest BCUT2D eigenvalue weighted by Crippen LogP contribution is 2.31. The Balaban J connectivity index is 1.50. The van der Waals surface area contributed by atoms with Crippen LogP contribution in [0.15, 0.2) is 67.0 Å². The van der Waals surface area contributed by atoms with Gasteiger partial charge in [-0.05, 0) is 66.8 Å². The maximum atomic E-state index is 13.1. The lowest BCUT2D eigenvalue weighted by atomic mass is 9.89. The van der Waals surface area contributed by atoms with Gasteiger partial charge in [-0.3, -0.25) is 4.79 Å². The topological polar surface area (TPSA) is 64.9 Å². The van der Waals surface area contributed by atoms with Crippen LogP contribution in [-0.2, 0) is 11.2 Å². The minimum atomic E-state index is -0.0972. The van der Waals surface area contributed by atoms with Crippen molar-refractivity contribution in [2.75, 3.05) is 20.8 Å². The number of rotatable bonds is 9. The van der Waals surface area contributed by atoms with Crippen LogP contribution < -0.4 is 14.8 Å². The van der Waals surface area contributed by atoms with Crippen LogP contribution in [-0.4, -0.2) is 36.1 Å². The molecule has 2 aromatic carbocycles. The van der Waals surface area contributed by atoms with Gasteiger partial charge >= 0.3 is 0 Å². The summed E-state index contributed by atoms with van der Waals surface area (Å²) in [6, 6.07) is 18.2. The molecule has 2 heterocycles. The molecule has 0 saturated carbocycles. The molecule has 176 valence electrons. The molecule has 4 aromatic rings. The smallest absolute Gasteiger partial charge is 0.221 e. The van der Waals surface area contributed by atoms with Gasteiger partial charge in [-0.2, -0.15) is 0 Å². The normalized spacial score (nSPS) is 11.9. The first-order valence-electron chi connectivity index (χ1n) is 11.5. The van der Waals surface area contributed by atoms with E-state index in [0.717, 1.165) is 33.6 Å². The Morgan fingerprint density at radius 1 is 1.03 bits per heavy atom. The summed E-state index contributed by atoms with van der Waals surface area (Å²) in [6.45, 7) is 4.69. The molecule has 1 amide bonds. The van der Waals surface area contributed by atoms with Crippen molar-refractivity contribution in [3.05, 3.63) is 94.9 Å². The largest absolute Gasteiger partial charge is 0.493 e. The third-order valence-electron chi connectivity index (χ3n) is 6.19. The average molecular weight is 458 g/mol. The lowest BCUT2D eigenvalue weighted by Gasteiger charge is -2.19. The molecule has 0 aliphatic carbocycles. The Morgan fingerprint density at radius 3 is 2.59 bits per heavy atom. The number of carbonyl (C=O) groups excluding carboxylic acids is 1. The molecule has 0 aliphatic rings. The summed E-state index contributed by atoms with van der Waals surface area (Å²) in [6.07, 6.45) is 4.98. The third kappa shape index (κ3) is 5.06. The Labute approximate surface area is 200 Å². The average Bonchev–Trinajstić information content (AvgIpc) is 3.25. The van der Waals surface area contributed by atoms with Crippen molar-refractivity contribution < 1.29 is 14.3 Å². The molecule has 4 rings (SSSR count). The van der Waals surface area contributed by atoms with E-state index >= 15 is 0 Å². The number of imidazole rings is 1. The molecular formula is C28H31N3O3. The highest BCUT2D eigenvalue weighted by molar-refractivity contribution is 5.77. The predicted molar refractivity (Wildman–Crippen MR) is 134 cm³/mol. The molecule has 2 aromatic heterocycles. The highest BCUT2D eigenvalue weighted by Gasteiger charge is 2.23. The number of nitrogens with zero attached hydrogens (tertiary/aromatic N) is 2. The van der Waals surface area contributed by atoms with Gasteiger partial charge in [-0.15, -0.1) is 0 Å². The summed E-state index contributed by atoms with van der Waals surface area (Å²) < 4.78 is 12.8. The monoisotopic (exact) mass is 457 g/mol. The van der Waals surface area contributed by atoms with Crippen LogP contribution >= 0.6 is 0 Å². The van der Waals surface area contributed by atoms with E-state index in [4.69, 9.17) is 9.47 Å². The first-order chi connectivity index (χ1) is 16.5. The van der Waals surface area contributed by atoms with Gasteiger partial charge in [0.15, 0.2) is 11.5 Å². The van der Waals surface area contributed by atoms with E-state index in [1.807, 2.05) is 42.7 Å². The van der Waals surface area contributed by atoms with Gasteiger partial charge in [-0.1, -0.05) is 30.3 Å². The maximum Gasteiger partial charge on any atom is 0.221 e. The predicted octanol–water partition coefficient (Wildman–Crippen LogP) is 4.85. The summed E-state index contributed by atoms with van der Waals surface area (Å²) >= 11 is 0. The van der Waals surface area contributed by atoms with E-state index < -0.39 is 0 Å². The molecule has 0 saturated heterocycles. The van der Waals surface area contributed by atoms with Crippen molar-refractivity contribution in [3.63, 3.8) is 0 Å². The van der Waals surface area contributed by atoms with E-state index in [1.165, 1.54) is 0 Å². The zero-order valence-electron chi connectivity index (χ0n) is 20.2. The minimum Gasteiger partial charge on any atom is -0.493 e. The second-order valence-electron chi connectivity index (χ2n) is 8.52. The first kappa shape index (κ1) is 23.4. The second-order valence-corrected chi connectivity index (χ2v) is 8.52. The molecule has 1 unspecified atom stereocenters. The third-order valence-corrected chi connectivity index (χ3v) is 6.19. The van der Waals surface area contributed by atoms with Gasteiger partial charge in [0.1, 0.15) is 5.65 Å². The van der Waals surface area contributed by atoms with Crippen molar-refractivity contribution in [3.8, 4) is 11.5 Å². The molecular weight excluding hydrogens is 426 g/mol. The van der Waals surface area contributed by atoms with Crippen LogP contribution in [0.4, 0.5) is 0 Å². The molecule has 0 aliphatic heterocycles. The number of methoxy groups -OCH3 is 2. The number of nitrogens with one attached hydrogen (secondary N) is 1. The lowest BCUT2D eigenvalue weighted by Crippen LogP contribution is -2.28. The fraction of sp³-hybridized carbons (Fsp3) is 0.286. The van der Waals surface area contributed by atoms with Gasteiger partial charge in [0.05, 0.1) is 19.9 Å². The van der Waals surface area contributed by atoms with Crippen LogP contribution in [0.2, 0.25) is 0 Å². The quantitative estimate of drug-likeness (QED) is 0.390. The lowest BCUT2D eigenvalue weighted by molar-refractivity contribution is -0.121. The number of aryl methyl sites for hydroxylation is 2. The zero-order valence-corrected chi connectivity index (χ0v) is 20.2. The summed E-state index contributed by atoms with van der Waals surface area (Å²) in [5.74, 6) is 1.30. The molecule has 0 spiro atoms. The van der Waals surface area contributed by atoms with Gasteiger partial charge in [-0.25, -0.2) is 4.98 Å². The number of carbonyl (C=O) groups is 1. The number of aromatic nitrogens is 2. The zero-order chi connectivity index (χ0) is 24.1. The van der Waals surface area contributed by atoms with Crippen molar-refractivity contribution in [2.24, 2.45) is 0 Å². The molecule has 6 heteroatoms. The van der Waals surface area contributed by atoms with Crippen molar-refractivity contribution in [2.45, 2.75) is 32.6 Å². The second kappa shape index (κ2) is 10.4. The van der Waals surface area contributed by atoms with Gasteiger partial charge in [0.25, 0.3) is 0 Å². The molecule has 1 N–H and O–H groups in total. The highest BCUT2D eigenvalue weighted by atomic mass is 16.5. The number of hydrogen-bond acceptors (Lipinski definition) is 4. The Kier molecular flexibility index (Phi) is 7.16. The van der Waals surface area contributed by atoms with Crippen LogP contribution in [0, 0.1) is 13.8 Å². The van der Waals surface area contributed by atoms with Gasteiger partial charge in [0, 0.05) is 31.3 Å². The van der Waals surface area contributed by atoms with E-state index in [1.54, 1.807) is 14.2 Å². The number of hydrogen-bond donors (Lipinski definition) is 1. The summed E-state index contributed by atoms with van der Waals surface area (Å²) in [4.78, 5) is 17.7. The Bertz CT molecular complexity index is 1300. The Morgan fingerprint density at radius 2 is 1.82 bits per heavy atom. The summed E-state index contributed by atoms with van der Waals surface area (Å²) in [7, 11) is 3.24. The number of pyridine rings is 1.